The third-order valence-electron chi connectivity index (χ3n) is 10.6. The van der Waals surface area contributed by atoms with Gasteiger partial charge >= 0.3 is 0 Å². The molecule has 3 heterocycles. The molecule has 3 aromatic carbocycles. The Hall–Kier alpha value is -4.18. The number of hydrogen-bond acceptors (Lipinski definition) is 10. The minimum Gasteiger partial charge on any atom is -0.494 e. The van der Waals surface area contributed by atoms with E-state index in [-0.39, 0.29) is 43.7 Å². The second kappa shape index (κ2) is 15.0. The SMILES string of the molecule is CCOc1ccc2c(c1)CC(NCCCCO)C(=O)N2c1ccc(CN2C(=O)[C@]3(O[C@H](CCO)[C@@H]([Si](C)(C)O)[C@@H]3C)c3cc([N+](=O)[O-])ccc32)cc1. The number of fused-ring (bicyclic) bond motifs is 3. The van der Waals surface area contributed by atoms with Crippen molar-refractivity contribution < 1.29 is 39.0 Å². The molecular formula is C38H48N4O9Si. The third-order valence-corrected chi connectivity index (χ3v) is 13.2. The first kappa shape index (κ1) is 37.6. The summed E-state index contributed by atoms with van der Waals surface area (Å²) in [7, 11) is -2.94. The van der Waals surface area contributed by atoms with Crippen LogP contribution in [0.2, 0.25) is 18.6 Å². The van der Waals surface area contributed by atoms with Gasteiger partial charge in [0.15, 0.2) is 13.9 Å². The van der Waals surface area contributed by atoms with Crippen LogP contribution in [0.3, 0.4) is 0 Å². The number of aliphatic hydroxyl groups is 2. The number of nitrogens with one attached hydrogen (secondary N) is 1. The van der Waals surface area contributed by atoms with E-state index in [4.69, 9.17) is 9.47 Å². The summed E-state index contributed by atoms with van der Waals surface area (Å²) in [5.74, 6) is -0.267. The number of anilines is 3. The Bertz CT molecular complexity index is 1820. The quantitative estimate of drug-likeness (QED) is 0.0789. The Morgan fingerprint density at radius 2 is 1.77 bits per heavy atom. The van der Waals surface area contributed by atoms with Gasteiger partial charge in [-0.2, -0.15) is 0 Å². The summed E-state index contributed by atoms with van der Waals surface area (Å²) in [6.07, 6.45) is 1.49. The summed E-state index contributed by atoms with van der Waals surface area (Å²) in [6.45, 7) is 8.47. The largest absolute Gasteiger partial charge is 0.494 e. The highest BCUT2D eigenvalue weighted by molar-refractivity contribution is 6.71. The van der Waals surface area contributed by atoms with Gasteiger partial charge in [-0.05, 0) is 99.8 Å². The molecule has 1 saturated heterocycles. The molecule has 3 aliphatic heterocycles. The fraction of sp³-hybridized carbons (Fsp3) is 0.474. The molecule has 0 saturated carbocycles. The van der Waals surface area contributed by atoms with Crippen LogP contribution in [-0.2, 0) is 32.9 Å². The van der Waals surface area contributed by atoms with Crippen molar-refractivity contribution in [1.29, 1.82) is 0 Å². The predicted octanol–water partition coefficient (Wildman–Crippen LogP) is 4.67. The van der Waals surface area contributed by atoms with Crippen LogP contribution < -0.4 is 19.9 Å². The molecule has 1 spiro atoms. The van der Waals surface area contributed by atoms with Gasteiger partial charge in [-0.25, -0.2) is 0 Å². The minimum atomic E-state index is -2.94. The van der Waals surface area contributed by atoms with Gasteiger partial charge in [-0.1, -0.05) is 19.1 Å². The molecule has 3 aromatic rings. The smallest absolute Gasteiger partial charge is 0.269 e. The summed E-state index contributed by atoms with van der Waals surface area (Å²) in [4.78, 5) is 54.6. The van der Waals surface area contributed by atoms with Crippen LogP contribution in [-0.4, -0.2) is 78.6 Å². The number of amides is 2. The molecule has 2 amide bonds. The number of carbonyl (C=O) groups excluding carboxylic acids is 2. The number of nitro benzene ring substituents is 1. The minimum absolute atomic E-state index is 0.0913. The zero-order valence-electron chi connectivity index (χ0n) is 30.1. The Labute approximate surface area is 304 Å². The molecule has 5 atom stereocenters. The average Bonchev–Trinajstić information content (AvgIpc) is 3.53. The second-order valence-corrected chi connectivity index (χ2v) is 18.4. The van der Waals surface area contributed by atoms with E-state index in [2.05, 4.69) is 5.32 Å². The lowest BCUT2D eigenvalue weighted by Gasteiger charge is -2.35. The van der Waals surface area contributed by atoms with Gasteiger partial charge in [-0.15, -0.1) is 0 Å². The van der Waals surface area contributed by atoms with E-state index >= 15 is 0 Å². The van der Waals surface area contributed by atoms with Gasteiger partial charge < -0.3 is 34.7 Å². The molecule has 13 nitrogen and oxygen atoms in total. The molecule has 0 radical (unpaired) electrons. The molecule has 0 aromatic heterocycles. The Balaban J connectivity index is 1.32. The van der Waals surface area contributed by atoms with E-state index in [1.165, 1.54) is 12.1 Å². The van der Waals surface area contributed by atoms with Gasteiger partial charge in [-0.3, -0.25) is 24.6 Å². The van der Waals surface area contributed by atoms with Crippen LogP contribution in [0, 0.1) is 16.0 Å². The standard InChI is InChI=1S/C38H48N4O9Si/c1-5-50-29-13-15-32-26(20-29)21-31(39-17-6-7-18-43)36(45)41(32)27-10-8-25(9-11-27)23-40-33-14-12-28(42(47)48)22-30(33)38(37(40)46)24(2)35(52(3,4)49)34(51-38)16-19-44/h8-15,20,22,24,31,34-35,39,43-44,49H,5-7,16-19,21,23H2,1-4H3/t24-,31?,34+,35-,38+/m0/s1. The fourth-order valence-electron chi connectivity index (χ4n) is 8.39. The first-order valence-corrected chi connectivity index (χ1v) is 21.0. The molecule has 1 fully saturated rings. The molecule has 278 valence electrons. The summed E-state index contributed by atoms with van der Waals surface area (Å²) in [6, 6.07) is 17.0. The van der Waals surface area contributed by atoms with Crippen molar-refractivity contribution in [3.8, 4) is 5.75 Å². The number of benzene rings is 3. The lowest BCUT2D eigenvalue weighted by molar-refractivity contribution is -0.385. The molecule has 6 rings (SSSR count). The maximum absolute atomic E-state index is 14.7. The van der Waals surface area contributed by atoms with Crippen LogP contribution in [0.1, 0.15) is 49.8 Å². The molecule has 3 aliphatic rings. The summed E-state index contributed by atoms with van der Waals surface area (Å²) in [5, 5.41) is 34.3. The molecule has 0 bridgehead atoms. The highest BCUT2D eigenvalue weighted by Gasteiger charge is 2.66. The van der Waals surface area contributed by atoms with Gasteiger partial charge in [0.05, 0.1) is 41.6 Å². The van der Waals surface area contributed by atoms with Crippen LogP contribution in [0.4, 0.5) is 22.7 Å². The molecular weight excluding hydrogens is 685 g/mol. The first-order valence-electron chi connectivity index (χ1n) is 18.0. The Morgan fingerprint density at radius 1 is 1.04 bits per heavy atom. The zero-order valence-corrected chi connectivity index (χ0v) is 31.1. The average molecular weight is 733 g/mol. The maximum atomic E-state index is 14.7. The van der Waals surface area contributed by atoms with E-state index in [1.54, 1.807) is 29.0 Å². The fourth-order valence-corrected chi connectivity index (χ4v) is 11.0. The highest BCUT2D eigenvalue weighted by Crippen LogP contribution is 2.60. The number of aliphatic hydroxyl groups excluding tert-OH is 2. The van der Waals surface area contributed by atoms with Crippen molar-refractivity contribution >= 4 is 42.9 Å². The number of carbonyl (C=O) groups is 2. The normalized spacial score (nSPS) is 24.1. The van der Waals surface area contributed by atoms with Gasteiger partial charge in [0.25, 0.3) is 11.6 Å². The highest BCUT2D eigenvalue weighted by atomic mass is 28.4. The molecule has 4 N–H and O–H groups in total. The molecule has 14 heteroatoms. The van der Waals surface area contributed by atoms with Crippen molar-refractivity contribution in [3.05, 3.63) is 87.5 Å². The van der Waals surface area contributed by atoms with E-state index < -0.39 is 42.4 Å². The van der Waals surface area contributed by atoms with Gasteiger partial charge in [0.2, 0.25) is 5.91 Å². The number of unbranched alkanes of at least 4 members (excludes halogenated alkanes) is 1. The number of nitro groups is 1. The summed E-state index contributed by atoms with van der Waals surface area (Å²) < 4.78 is 12.3. The third kappa shape index (κ3) is 6.74. The summed E-state index contributed by atoms with van der Waals surface area (Å²) in [5.41, 5.74) is 1.88. The molecule has 52 heavy (non-hydrogen) atoms. The number of ether oxygens (including phenoxy) is 2. The van der Waals surface area contributed by atoms with Crippen molar-refractivity contribution in [2.45, 2.75) is 82.5 Å². The van der Waals surface area contributed by atoms with Crippen LogP contribution >= 0.6 is 0 Å². The molecule has 0 aliphatic carbocycles. The van der Waals surface area contributed by atoms with Gasteiger partial charge in [0, 0.05) is 48.1 Å². The number of rotatable bonds is 14. The number of nitrogens with zero attached hydrogens (tertiary/aromatic N) is 3. The Kier molecular flexibility index (Phi) is 10.9. The van der Waals surface area contributed by atoms with Crippen molar-refractivity contribution in [1.82, 2.24) is 5.32 Å². The van der Waals surface area contributed by atoms with E-state index in [0.717, 1.165) is 29.0 Å². The van der Waals surface area contributed by atoms with Crippen molar-refractivity contribution in [3.63, 3.8) is 0 Å². The van der Waals surface area contributed by atoms with E-state index in [1.807, 2.05) is 56.3 Å². The maximum Gasteiger partial charge on any atom is 0.269 e. The van der Waals surface area contributed by atoms with Crippen LogP contribution in [0.15, 0.2) is 60.7 Å². The van der Waals surface area contributed by atoms with Crippen molar-refractivity contribution in [2.24, 2.45) is 5.92 Å². The monoisotopic (exact) mass is 732 g/mol. The van der Waals surface area contributed by atoms with Crippen molar-refractivity contribution in [2.75, 3.05) is 36.2 Å². The lowest BCUT2D eigenvalue weighted by Crippen LogP contribution is -2.49. The second-order valence-electron chi connectivity index (χ2n) is 14.4. The Morgan fingerprint density at radius 3 is 2.42 bits per heavy atom. The zero-order chi connectivity index (χ0) is 37.4. The van der Waals surface area contributed by atoms with Crippen LogP contribution in [0.5, 0.6) is 5.75 Å². The molecule has 1 unspecified atom stereocenters. The first-order chi connectivity index (χ1) is 24.8. The number of non-ortho nitro benzene ring substituents is 1. The lowest BCUT2D eigenvalue weighted by atomic mass is 9.82. The van der Waals surface area contributed by atoms with Crippen LogP contribution in [0.25, 0.3) is 0 Å². The van der Waals surface area contributed by atoms with Gasteiger partial charge in [0.1, 0.15) is 5.75 Å². The number of hydrogen-bond donors (Lipinski definition) is 4. The summed E-state index contributed by atoms with van der Waals surface area (Å²) >= 11 is 0. The van der Waals surface area contributed by atoms with E-state index in [0.29, 0.717) is 42.9 Å². The topological polar surface area (TPSA) is 175 Å². The van der Waals surface area contributed by atoms with E-state index in [9.17, 15) is 34.7 Å². The predicted molar refractivity (Wildman–Crippen MR) is 198 cm³/mol.